The van der Waals surface area contributed by atoms with Crippen molar-refractivity contribution in [2.75, 3.05) is 0 Å². The van der Waals surface area contributed by atoms with Crippen LogP contribution in [0, 0.1) is 5.92 Å². The van der Waals surface area contributed by atoms with E-state index in [-0.39, 0.29) is 17.0 Å². The Hall–Kier alpha value is -1.18. The van der Waals surface area contributed by atoms with Crippen LogP contribution in [0.2, 0.25) is 0 Å². The van der Waals surface area contributed by atoms with Crippen LogP contribution in [0.3, 0.4) is 0 Å². The maximum absolute atomic E-state index is 12.1. The minimum atomic E-state index is -4.74. The summed E-state index contributed by atoms with van der Waals surface area (Å²) in [5.41, 5.74) is -2.20. The number of amides is 1. The standard InChI is InChI=1S/C10H13NO9S2/c1-3(20-22(17,18)19)6-4-2-5(21-10(15)16)7(9(13)14)11(4)8(6)12/h3-4,6,10,15-16H,2H2,1H3,(H,13,14)(H,17,18,19). The Morgan fingerprint density at radius 2 is 2.05 bits per heavy atom. The second kappa shape index (κ2) is 5.79. The minimum Gasteiger partial charge on any atom is -0.477 e. The summed E-state index contributed by atoms with van der Waals surface area (Å²) < 4.78 is 34.4. The number of aliphatic hydroxyl groups is 2. The van der Waals surface area contributed by atoms with Gasteiger partial charge in [-0.25, -0.2) is 8.98 Å². The Kier molecular flexibility index (Phi) is 4.52. The highest BCUT2D eigenvalue weighted by atomic mass is 32.3. The molecule has 1 fully saturated rings. The fourth-order valence-electron chi connectivity index (χ4n) is 2.70. The number of nitrogens with zero attached hydrogens (tertiary/aromatic N) is 1. The van der Waals surface area contributed by atoms with Gasteiger partial charge >= 0.3 is 16.4 Å². The Morgan fingerprint density at radius 1 is 1.45 bits per heavy atom. The second-order valence-electron chi connectivity index (χ2n) is 4.76. The first kappa shape index (κ1) is 17.2. The molecule has 3 atom stereocenters. The van der Waals surface area contributed by atoms with Gasteiger partial charge in [0.2, 0.25) is 11.5 Å². The topological polar surface area (TPSA) is 162 Å². The lowest BCUT2D eigenvalue weighted by Gasteiger charge is -2.45. The Bertz CT molecular complexity index is 641. The summed E-state index contributed by atoms with van der Waals surface area (Å²) in [4.78, 5) is 24.4. The van der Waals surface area contributed by atoms with Crippen molar-refractivity contribution in [1.29, 1.82) is 0 Å². The van der Waals surface area contributed by atoms with Crippen LogP contribution in [-0.2, 0) is 24.2 Å². The van der Waals surface area contributed by atoms with Gasteiger partial charge in [-0.15, -0.1) is 0 Å². The summed E-state index contributed by atoms with van der Waals surface area (Å²) >= 11 is 0.482. The monoisotopic (exact) mass is 355 g/mol. The number of hydrogen-bond acceptors (Lipinski definition) is 8. The zero-order chi connectivity index (χ0) is 16.8. The third kappa shape index (κ3) is 3.11. The van der Waals surface area contributed by atoms with E-state index >= 15 is 0 Å². The van der Waals surface area contributed by atoms with E-state index in [2.05, 4.69) is 4.18 Å². The predicted octanol–water partition coefficient (Wildman–Crippen LogP) is -1.28. The lowest BCUT2D eigenvalue weighted by molar-refractivity contribution is -0.160. The number of carbonyl (C=O) groups excluding carboxylic acids is 1. The van der Waals surface area contributed by atoms with E-state index < -0.39 is 46.0 Å². The molecule has 2 aliphatic heterocycles. The van der Waals surface area contributed by atoms with Crippen molar-refractivity contribution in [3.63, 3.8) is 0 Å². The molecule has 22 heavy (non-hydrogen) atoms. The van der Waals surface area contributed by atoms with Crippen molar-refractivity contribution in [2.45, 2.75) is 31.1 Å². The van der Waals surface area contributed by atoms with Crippen LogP contribution in [0.25, 0.3) is 0 Å². The van der Waals surface area contributed by atoms with Crippen LogP contribution < -0.4 is 0 Å². The first-order valence-corrected chi connectivity index (χ1v) is 8.25. The van der Waals surface area contributed by atoms with E-state index in [1.807, 2.05) is 0 Å². The molecule has 0 aromatic rings. The summed E-state index contributed by atoms with van der Waals surface area (Å²) in [7, 11) is -4.74. The van der Waals surface area contributed by atoms with E-state index in [1.54, 1.807) is 0 Å². The quantitative estimate of drug-likeness (QED) is 0.256. The molecule has 124 valence electrons. The second-order valence-corrected chi connectivity index (χ2v) is 6.95. The number of rotatable bonds is 6. The molecule has 2 rings (SSSR count). The molecule has 12 heteroatoms. The molecule has 2 heterocycles. The SMILES string of the molecule is CC(OS(=O)(=O)O)C1C(=O)N2C(C(=O)O)=C(SC(O)O)CC12. The van der Waals surface area contributed by atoms with Crippen LogP contribution in [0.15, 0.2) is 10.6 Å². The molecular formula is C10H13NO9S2. The molecule has 3 unspecified atom stereocenters. The largest absolute Gasteiger partial charge is 0.477 e. The van der Waals surface area contributed by atoms with Gasteiger partial charge in [0.25, 0.3) is 0 Å². The maximum Gasteiger partial charge on any atom is 0.397 e. The van der Waals surface area contributed by atoms with Crippen LogP contribution >= 0.6 is 11.8 Å². The molecule has 10 nitrogen and oxygen atoms in total. The maximum atomic E-state index is 12.1. The summed E-state index contributed by atoms with van der Waals surface area (Å²) in [6.07, 6.45) is -1.15. The fraction of sp³-hybridized carbons (Fsp3) is 0.600. The molecule has 1 saturated heterocycles. The molecule has 0 aromatic carbocycles. The number of thioether (sulfide) groups is 1. The van der Waals surface area contributed by atoms with Crippen LogP contribution in [0.1, 0.15) is 13.3 Å². The Morgan fingerprint density at radius 3 is 2.50 bits per heavy atom. The summed E-state index contributed by atoms with van der Waals surface area (Å²) in [5.74, 6) is -3.02. The molecule has 0 spiro atoms. The third-order valence-corrected chi connectivity index (χ3v) is 4.80. The fourth-order valence-corrected chi connectivity index (χ4v) is 4.02. The van der Waals surface area contributed by atoms with Gasteiger partial charge in [-0.3, -0.25) is 9.35 Å². The molecule has 1 amide bonds. The van der Waals surface area contributed by atoms with Crippen molar-refractivity contribution in [3.8, 4) is 0 Å². The number of carboxylic acids is 1. The highest BCUT2D eigenvalue weighted by molar-refractivity contribution is 8.03. The van der Waals surface area contributed by atoms with Gasteiger partial charge < -0.3 is 20.2 Å². The lowest BCUT2D eigenvalue weighted by Crippen LogP contribution is -2.62. The third-order valence-electron chi connectivity index (χ3n) is 3.40. The van der Waals surface area contributed by atoms with Crippen LogP contribution in [0.4, 0.5) is 0 Å². The van der Waals surface area contributed by atoms with Gasteiger partial charge in [0.1, 0.15) is 5.70 Å². The predicted molar refractivity (Wildman–Crippen MR) is 71.3 cm³/mol. The van der Waals surface area contributed by atoms with E-state index in [4.69, 9.17) is 19.9 Å². The van der Waals surface area contributed by atoms with E-state index in [1.165, 1.54) is 6.92 Å². The highest BCUT2D eigenvalue weighted by Crippen LogP contribution is 2.47. The number of aliphatic hydroxyl groups excluding tert-OH is 1. The molecule has 4 N–H and O–H groups in total. The molecule has 0 bridgehead atoms. The van der Waals surface area contributed by atoms with E-state index in [0.29, 0.717) is 11.8 Å². The minimum absolute atomic E-state index is 0.0273. The summed E-state index contributed by atoms with van der Waals surface area (Å²) in [6.45, 7) is 1.26. The van der Waals surface area contributed by atoms with Crippen LogP contribution in [-0.4, -0.2) is 62.8 Å². The normalized spacial score (nSPS) is 26.2. The van der Waals surface area contributed by atoms with E-state index in [0.717, 1.165) is 4.90 Å². The number of fused-ring (bicyclic) bond motifs is 1. The van der Waals surface area contributed by atoms with Gasteiger partial charge in [0.05, 0.1) is 18.1 Å². The van der Waals surface area contributed by atoms with Crippen LogP contribution in [0.5, 0.6) is 0 Å². The number of aliphatic carboxylic acids is 1. The van der Waals surface area contributed by atoms with Crippen molar-refractivity contribution in [2.24, 2.45) is 5.92 Å². The summed E-state index contributed by atoms with van der Waals surface area (Å²) in [6, 6.07) is -0.670. The van der Waals surface area contributed by atoms with Gasteiger partial charge in [0, 0.05) is 11.3 Å². The Labute approximate surface area is 129 Å². The lowest BCUT2D eigenvalue weighted by atomic mass is 9.83. The van der Waals surface area contributed by atoms with Crippen molar-refractivity contribution in [1.82, 2.24) is 4.90 Å². The van der Waals surface area contributed by atoms with Crippen molar-refractivity contribution >= 4 is 34.0 Å². The number of hydrogen-bond donors (Lipinski definition) is 4. The highest BCUT2D eigenvalue weighted by Gasteiger charge is 2.58. The zero-order valence-corrected chi connectivity index (χ0v) is 12.7. The zero-order valence-electron chi connectivity index (χ0n) is 11.1. The first-order chi connectivity index (χ1) is 10.0. The smallest absolute Gasteiger partial charge is 0.397 e. The molecule has 0 radical (unpaired) electrons. The molecular weight excluding hydrogens is 342 g/mol. The number of carboxylic acid groups (broad SMARTS) is 1. The summed E-state index contributed by atoms with van der Waals surface area (Å²) in [5, 5.41) is 27.1. The molecule has 0 saturated carbocycles. The average Bonchev–Trinajstić information content (AvgIpc) is 2.60. The number of β-lactam (4-membered cyclic amide) rings is 1. The van der Waals surface area contributed by atoms with Gasteiger partial charge in [0.15, 0.2) is 0 Å². The Balaban J connectivity index is 2.21. The van der Waals surface area contributed by atoms with Gasteiger partial charge in [-0.05, 0) is 6.92 Å². The number of carbonyl (C=O) groups is 2. The molecule has 0 aliphatic carbocycles. The first-order valence-electron chi connectivity index (χ1n) is 6.01. The van der Waals surface area contributed by atoms with Crippen molar-refractivity contribution < 1.29 is 42.1 Å². The van der Waals surface area contributed by atoms with Gasteiger partial charge in [-0.2, -0.15) is 8.42 Å². The average molecular weight is 355 g/mol. The molecule has 0 aromatic heterocycles. The van der Waals surface area contributed by atoms with E-state index in [9.17, 15) is 18.0 Å². The van der Waals surface area contributed by atoms with Crippen molar-refractivity contribution in [3.05, 3.63) is 10.6 Å². The van der Waals surface area contributed by atoms with Gasteiger partial charge in [-0.1, -0.05) is 11.8 Å². The molecule has 2 aliphatic rings.